The molecule has 0 amide bonds. The SMILES string of the molecule is O=C1CCc2nc(N3CCCC3c3cccc4c3OCCO4)ccc21. The number of anilines is 1. The number of pyridine rings is 1. The highest BCUT2D eigenvalue weighted by Crippen LogP contribution is 2.44. The van der Waals surface area contributed by atoms with Gasteiger partial charge >= 0.3 is 0 Å². The standard InChI is InChI=1S/C20H20N2O3/c23-17-8-7-15-13(17)6-9-19(21-15)22-10-2-4-16(22)14-3-1-5-18-20(14)25-12-11-24-18/h1,3,5-6,9,16H,2,4,7-8,10-12H2. The fraction of sp³-hybridized carbons (Fsp3) is 0.400. The Morgan fingerprint density at radius 3 is 2.96 bits per heavy atom. The number of ketones is 1. The zero-order chi connectivity index (χ0) is 16.8. The third-order valence-electron chi connectivity index (χ3n) is 5.35. The largest absolute Gasteiger partial charge is 0.486 e. The van der Waals surface area contributed by atoms with Gasteiger partial charge in [-0.1, -0.05) is 12.1 Å². The molecule has 25 heavy (non-hydrogen) atoms. The number of para-hydroxylation sites is 1. The lowest BCUT2D eigenvalue weighted by Crippen LogP contribution is -2.25. The van der Waals surface area contributed by atoms with E-state index in [0.29, 0.717) is 19.6 Å². The molecule has 1 saturated heterocycles. The van der Waals surface area contributed by atoms with E-state index >= 15 is 0 Å². The second kappa shape index (κ2) is 5.76. The molecule has 1 aromatic carbocycles. The maximum absolute atomic E-state index is 11.9. The lowest BCUT2D eigenvalue weighted by Gasteiger charge is -2.29. The molecule has 1 fully saturated rings. The summed E-state index contributed by atoms with van der Waals surface area (Å²) in [5.74, 6) is 2.89. The molecule has 2 aromatic rings. The predicted octanol–water partition coefficient (Wildman–Crippen LogP) is 3.32. The van der Waals surface area contributed by atoms with Crippen LogP contribution in [0.1, 0.15) is 46.9 Å². The molecule has 1 aliphatic carbocycles. The van der Waals surface area contributed by atoms with E-state index in [9.17, 15) is 4.79 Å². The molecule has 1 atom stereocenters. The molecule has 3 heterocycles. The van der Waals surface area contributed by atoms with Gasteiger partial charge < -0.3 is 14.4 Å². The molecule has 2 aliphatic heterocycles. The van der Waals surface area contributed by atoms with Crippen LogP contribution in [0.15, 0.2) is 30.3 Å². The number of rotatable bonds is 2. The van der Waals surface area contributed by atoms with Gasteiger partial charge in [-0.2, -0.15) is 0 Å². The van der Waals surface area contributed by atoms with Crippen molar-refractivity contribution in [1.82, 2.24) is 4.98 Å². The van der Waals surface area contributed by atoms with Gasteiger partial charge in [0.2, 0.25) is 0 Å². The fourth-order valence-electron chi connectivity index (χ4n) is 4.18. The summed E-state index contributed by atoms with van der Waals surface area (Å²) in [6, 6.07) is 10.3. The van der Waals surface area contributed by atoms with Crippen molar-refractivity contribution in [3.8, 4) is 11.5 Å². The van der Waals surface area contributed by atoms with E-state index in [-0.39, 0.29) is 11.8 Å². The molecule has 0 N–H and O–H groups in total. The van der Waals surface area contributed by atoms with Crippen LogP contribution in [-0.4, -0.2) is 30.5 Å². The molecule has 0 saturated carbocycles. The number of carbonyl (C=O) groups excluding carboxylic acids is 1. The minimum atomic E-state index is 0.217. The quantitative estimate of drug-likeness (QED) is 0.842. The molecule has 0 spiro atoms. The van der Waals surface area contributed by atoms with E-state index in [4.69, 9.17) is 14.5 Å². The Morgan fingerprint density at radius 2 is 2.00 bits per heavy atom. The highest BCUT2D eigenvalue weighted by atomic mass is 16.6. The Labute approximate surface area is 146 Å². The van der Waals surface area contributed by atoms with Crippen molar-refractivity contribution in [2.45, 2.75) is 31.7 Å². The monoisotopic (exact) mass is 336 g/mol. The summed E-state index contributed by atoms with van der Waals surface area (Å²) in [7, 11) is 0. The van der Waals surface area contributed by atoms with Crippen molar-refractivity contribution in [3.05, 3.63) is 47.2 Å². The predicted molar refractivity (Wildman–Crippen MR) is 93.6 cm³/mol. The zero-order valence-corrected chi connectivity index (χ0v) is 14.0. The third-order valence-corrected chi connectivity index (χ3v) is 5.35. The number of hydrogen-bond donors (Lipinski definition) is 0. The first-order valence-electron chi connectivity index (χ1n) is 8.99. The minimum absolute atomic E-state index is 0.217. The molecule has 1 aromatic heterocycles. The van der Waals surface area contributed by atoms with Crippen molar-refractivity contribution < 1.29 is 14.3 Å². The Morgan fingerprint density at radius 1 is 1.08 bits per heavy atom. The summed E-state index contributed by atoms with van der Waals surface area (Å²) in [6.07, 6.45) is 3.54. The van der Waals surface area contributed by atoms with Crippen LogP contribution < -0.4 is 14.4 Å². The van der Waals surface area contributed by atoms with Gasteiger partial charge in [0.25, 0.3) is 0 Å². The second-order valence-electron chi connectivity index (χ2n) is 6.81. The topological polar surface area (TPSA) is 51.7 Å². The summed E-state index contributed by atoms with van der Waals surface area (Å²) >= 11 is 0. The smallest absolute Gasteiger partial charge is 0.166 e. The lowest BCUT2D eigenvalue weighted by atomic mass is 10.0. The highest BCUT2D eigenvalue weighted by Gasteiger charge is 2.32. The summed E-state index contributed by atoms with van der Waals surface area (Å²) in [5.41, 5.74) is 2.92. The van der Waals surface area contributed by atoms with Crippen LogP contribution in [-0.2, 0) is 6.42 Å². The summed E-state index contributed by atoms with van der Waals surface area (Å²) in [6.45, 7) is 2.16. The van der Waals surface area contributed by atoms with Gasteiger partial charge in [0, 0.05) is 24.1 Å². The van der Waals surface area contributed by atoms with Crippen LogP contribution in [0.25, 0.3) is 0 Å². The molecule has 1 unspecified atom stereocenters. The summed E-state index contributed by atoms with van der Waals surface area (Å²) < 4.78 is 11.7. The fourth-order valence-corrected chi connectivity index (χ4v) is 4.18. The molecule has 0 bridgehead atoms. The van der Waals surface area contributed by atoms with Gasteiger partial charge in [-0.25, -0.2) is 4.98 Å². The van der Waals surface area contributed by atoms with Crippen molar-refractivity contribution in [2.75, 3.05) is 24.7 Å². The van der Waals surface area contributed by atoms with Gasteiger partial charge in [0.1, 0.15) is 19.0 Å². The molecular formula is C20H20N2O3. The lowest BCUT2D eigenvalue weighted by molar-refractivity contribution is 0.0994. The summed E-state index contributed by atoms with van der Waals surface area (Å²) in [4.78, 5) is 19.0. The van der Waals surface area contributed by atoms with E-state index in [1.54, 1.807) is 0 Å². The summed E-state index contributed by atoms with van der Waals surface area (Å²) in [5, 5.41) is 0. The van der Waals surface area contributed by atoms with Crippen molar-refractivity contribution in [1.29, 1.82) is 0 Å². The molecule has 5 heteroatoms. The van der Waals surface area contributed by atoms with Crippen LogP contribution in [0.5, 0.6) is 11.5 Å². The molecule has 0 radical (unpaired) electrons. The number of aromatic nitrogens is 1. The Balaban J connectivity index is 1.52. The number of carbonyl (C=O) groups is 1. The maximum Gasteiger partial charge on any atom is 0.166 e. The molecule has 5 nitrogen and oxygen atoms in total. The van der Waals surface area contributed by atoms with E-state index < -0.39 is 0 Å². The Hall–Kier alpha value is -2.56. The van der Waals surface area contributed by atoms with Crippen LogP contribution in [0.3, 0.4) is 0 Å². The zero-order valence-electron chi connectivity index (χ0n) is 14.0. The van der Waals surface area contributed by atoms with Gasteiger partial charge in [0.15, 0.2) is 17.3 Å². The van der Waals surface area contributed by atoms with Gasteiger partial charge in [-0.15, -0.1) is 0 Å². The molecular weight excluding hydrogens is 316 g/mol. The van der Waals surface area contributed by atoms with Crippen LogP contribution in [0.2, 0.25) is 0 Å². The van der Waals surface area contributed by atoms with Gasteiger partial charge in [0.05, 0.1) is 11.7 Å². The first-order valence-corrected chi connectivity index (χ1v) is 8.99. The first-order chi connectivity index (χ1) is 12.3. The van der Waals surface area contributed by atoms with Gasteiger partial charge in [-0.3, -0.25) is 4.79 Å². The third kappa shape index (κ3) is 2.37. The molecule has 5 rings (SSSR count). The Kier molecular flexibility index (Phi) is 3.40. The number of aryl methyl sites for hydroxylation is 1. The number of benzene rings is 1. The molecule has 128 valence electrons. The number of hydrogen-bond acceptors (Lipinski definition) is 5. The second-order valence-corrected chi connectivity index (χ2v) is 6.81. The average Bonchev–Trinajstić information content (AvgIpc) is 3.28. The highest BCUT2D eigenvalue weighted by molar-refractivity contribution is 6.00. The normalized spacial score (nSPS) is 21.5. The van der Waals surface area contributed by atoms with Crippen LogP contribution >= 0.6 is 0 Å². The number of nitrogens with zero attached hydrogens (tertiary/aromatic N) is 2. The number of fused-ring (bicyclic) bond motifs is 2. The van der Waals surface area contributed by atoms with Crippen molar-refractivity contribution >= 4 is 11.6 Å². The minimum Gasteiger partial charge on any atom is -0.486 e. The van der Waals surface area contributed by atoms with E-state index in [2.05, 4.69) is 11.0 Å². The van der Waals surface area contributed by atoms with Crippen LogP contribution in [0, 0.1) is 0 Å². The number of Topliss-reactive ketones (excluding diaryl/α,β-unsaturated/α-hetero) is 1. The molecule has 3 aliphatic rings. The first kappa shape index (κ1) is 14.8. The average molecular weight is 336 g/mol. The van der Waals surface area contributed by atoms with Crippen molar-refractivity contribution in [2.24, 2.45) is 0 Å². The van der Waals surface area contributed by atoms with Gasteiger partial charge in [-0.05, 0) is 37.5 Å². The van der Waals surface area contributed by atoms with E-state index in [0.717, 1.165) is 54.4 Å². The van der Waals surface area contributed by atoms with E-state index in [1.165, 1.54) is 5.56 Å². The number of ether oxygens (including phenoxy) is 2. The van der Waals surface area contributed by atoms with E-state index in [1.807, 2.05) is 24.3 Å². The Bertz CT molecular complexity index is 849. The maximum atomic E-state index is 11.9. The van der Waals surface area contributed by atoms with Crippen molar-refractivity contribution in [3.63, 3.8) is 0 Å². The van der Waals surface area contributed by atoms with Crippen LogP contribution in [0.4, 0.5) is 5.82 Å².